The normalized spacial score (nSPS) is 12.4. The van der Waals surface area contributed by atoms with E-state index in [-0.39, 0.29) is 18.1 Å². The molecule has 2 rings (SSSR count). The molecule has 0 bridgehead atoms. The summed E-state index contributed by atoms with van der Waals surface area (Å²) in [6.45, 7) is 4.43. The van der Waals surface area contributed by atoms with Crippen LogP contribution in [0, 0.1) is 0 Å². The van der Waals surface area contributed by atoms with Crippen molar-refractivity contribution in [1.82, 2.24) is 15.2 Å². The molecule has 0 aliphatic carbocycles. The van der Waals surface area contributed by atoms with Crippen LogP contribution in [0.4, 0.5) is 0 Å². The maximum atomic E-state index is 12.3. The Morgan fingerprint density at radius 1 is 1.35 bits per heavy atom. The van der Waals surface area contributed by atoms with Gasteiger partial charge in [0, 0.05) is 23.7 Å². The molecule has 124 valence electrons. The highest BCUT2D eigenvalue weighted by Gasteiger charge is 2.17. The summed E-state index contributed by atoms with van der Waals surface area (Å²) in [4.78, 5) is 19.8. The first-order valence-electron chi connectivity index (χ1n) is 7.58. The van der Waals surface area contributed by atoms with E-state index in [1.54, 1.807) is 29.7 Å². The van der Waals surface area contributed by atoms with Gasteiger partial charge in [-0.05, 0) is 45.5 Å². The van der Waals surface area contributed by atoms with Crippen molar-refractivity contribution in [2.24, 2.45) is 0 Å². The molecular weight excluding hydrogens is 310 g/mol. The van der Waals surface area contributed by atoms with Crippen molar-refractivity contribution in [3.8, 4) is 5.88 Å². The third-order valence-corrected chi connectivity index (χ3v) is 4.28. The second-order valence-electron chi connectivity index (χ2n) is 5.76. The van der Waals surface area contributed by atoms with E-state index < -0.39 is 0 Å². The van der Waals surface area contributed by atoms with Crippen LogP contribution in [-0.2, 0) is 0 Å². The van der Waals surface area contributed by atoms with Crippen molar-refractivity contribution >= 4 is 17.2 Å². The van der Waals surface area contributed by atoms with E-state index in [0.717, 1.165) is 0 Å². The molecule has 0 saturated heterocycles. The van der Waals surface area contributed by atoms with E-state index in [1.807, 2.05) is 39.4 Å². The van der Waals surface area contributed by atoms with Crippen LogP contribution in [-0.4, -0.2) is 42.5 Å². The summed E-state index contributed by atoms with van der Waals surface area (Å²) in [6.07, 6.45) is 1.61. The van der Waals surface area contributed by atoms with Crippen molar-refractivity contribution in [3.63, 3.8) is 0 Å². The molecule has 2 aromatic rings. The third kappa shape index (κ3) is 5.04. The molecule has 0 saturated carbocycles. The van der Waals surface area contributed by atoms with Crippen LogP contribution in [0.3, 0.4) is 0 Å². The van der Waals surface area contributed by atoms with Gasteiger partial charge in [-0.15, -0.1) is 11.3 Å². The molecule has 1 N–H and O–H groups in total. The Kier molecular flexibility index (Phi) is 6.12. The Morgan fingerprint density at radius 3 is 2.65 bits per heavy atom. The van der Waals surface area contributed by atoms with E-state index in [9.17, 15) is 4.79 Å². The predicted octanol–water partition coefficient (Wildman–Crippen LogP) is 2.96. The highest BCUT2D eigenvalue weighted by Crippen LogP contribution is 2.22. The number of aromatic nitrogens is 1. The number of hydrogen-bond acceptors (Lipinski definition) is 5. The van der Waals surface area contributed by atoms with Crippen molar-refractivity contribution in [3.05, 3.63) is 46.3 Å². The molecule has 0 aliphatic heterocycles. The number of carbonyl (C=O) groups is 1. The molecule has 23 heavy (non-hydrogen) atoms. The van der Waals surface area contributed by atoms with Crippen LogP contribution in [0.15, 0.2) is 35.8 Å². The van der Waals surface area contributed by atoms with Crippen LogP contribution >= 0.6 is 11.3 Å². The van der Waals surface area contributed by atoms with E-state index in [4.69, 9.17) is 4.74 Å². The number of ether oxygens (including phenoxy) is 1. The first-order valence-corrected chi connectivity index (χ1v) is 8.46. The Morgan fingerprint density at radius 2 is 2.13 bits per heavy atom. The summed E-state index contributed by atoms with van der Waals surface area (Å²) >= 11 is 1.69. The lowest BCUT2D eigenvalue weighted by Gasteiger charge is -2.23. The number of nitrogens with one attached hydrogen (secondary N) is 1. The average Bonchev–Trinajstić information content (AvgIpc) is 3.01. The fourth-order valence-electron chi connectivity index (χ4n) is 2.14. The summed E-state index contributed by atoms with van der Waals surface area (Å²) < 4.78 is 5.48. The van der Waals surface area contributed by atoms with Crippen molar-refractivity contribution in [2.45, 2.75) is 26.0 Å². The van der Waals surface area contributed by atoms with Gasteiger partial charge in [0.25, 0.3) is 5.91 Å². The zero-order valence-electron chi connectivity index (χ0n) is 13.9. The van der Waals surface area contributed by atoms with Gasteiger partial charge in [-0.2, -0.15) is 0 Å². The number of carbonyl (C=O) groups excluding carboxylic acids is 1. The largest absolute Gasteiger partial charge is 0.475 e. The highest BCUT2D eigenvalue weighted by atomic mass is 32.1. The van der Waals surface area contributed by atoms with Gasteiger partial charge < -0.3 is 15.0 Å². The zero-order valence-corrected chi connectivity index (χ0v) is 14.8. The van der Waals surface area contributed by atoms with Crippen molar-refractivity contribution in [2.75, 3.05) is 20.6 Å². The summed E-state index contributed by atoms with van der Waals surface area (Å²) in [5.74, 6) is 0.401. The fourth-order valence-corrected chi connectivity index (χ4v) is 3.06. The monoisotopic (exact) mass is 333 g/mol. The second-order valence-corrected chi connectivity index (χ2v) is 6.74. The Hall–Kier alpha value is -1.92. The molecule has 2 aromatic heterocycles. The van der Waals surface area contributed by atoms with Gasteiger partial charge in [0.2, 0.25) is 5.88 Å². The fraction of sp³-hybridized carbons (Fsp3) is 0.412. The van der Waals surface area contributed by atoms with Gasteiger partial charge in [0.05, 0.1) is 17.7 Å². The standard InChI is InChI=1S/C17H23N3O2S/c1-12(2)22-16-8-7-13(10-18-16)17(21)19-11-14(20(3)4)15-6-5-9-23-15/h5-10,12,14H,11H2,1-4H3,(H,19,21). The Labute approximate surface area is 141 Å². The number of hydrogen-bond donors (Lipinski definition) is 1. The van der Waals surface area contributed by atoms with Crippen LogP contribution in [0.5, 0.6) is 5.88 Å². The molecule has 1 atom stereocenters. The first-order chi connectivity index (χ1) is 11.0. The molecule has 0 aromatic carbocycles. The summed E-state index contributed by atoms with van der Waals surface area (Å²) in [5, 5.41) is 5.02. The second kappa shape index (κ2) is 8.08. The van der Waals surface area contributed by atoms with Gasteiger partial charge in [-0.25, -0.2) is 4.98 Å². The molecule has 0 radical (unpaired) electrons. The Bertz CT molecular complexity index is 609. The van der Waals surface area contributed by atoms with Gasteiger partial charge >= 0.3 is 0 Å². The van der Waals surface area contributed by atoms with E-state index in [2.05, 4.69) is 21.3 Å². The minimum Gasteiger partial charge on any atom is -0.475 e. The summed E-state index contributed by atoms with van der Waals surface area (Å²) in [7, 11) is 4.02. The van der Waals surface area contributed by atoms with Gasteiger partial charge in [-0.1, -0.05) is 6.07 Å². The smallest absolute Gasteiger partial charge is 0.252 e. The molecule has 5 nitrogen and oxygen atoms in total. The molecule has 6 heteroatoms. The van der Waals surface area contributed by atoms with Crippen molar-refractivity contribution in [1.29, 1.82) is 0 Å². The maximum absolute atomic E-state index is 12.3. The molecule has 0 aliphatic rings. The van der Waals surface area contributed by atoms with E-state index >= 15 is 0 Å². The zero-order chi connectivity index (χ0) is 16.8. The van der Waals surface area contributed by atoms with Crippen LogP contribution in [0.2, 0.25) is 0 Å². The van der Waals surface area contributed by atoms with Crippen LogP contribution in [0.1, 0.15) is 35.1 Å². The van der Waals surface area contributed by atoms with E-state index in [0.29, 0.717) is 18.0 Å². The third-order valence-electron chi connectivity index (χ3n) is 3.31. The Balaban J connectivity index is 1.95. The number of nitrogens with zero attached hydrogens (tertiary/aromatic N) is 2. The topological polar surface area (TPSA) is 54.5 Å². The molecule has 2 heterocycles. The van der Waals surface area contributed by atoms with Gasteiger partial charge in [0.15, 0.2) is 0 Å². The highest BCUT2D eigenvalue weighted by molar-refractivity contribution is 7.10. The lowest BCUT2D eigenvalue weighted by Crippen LogP contribution is -2.34. The quantitative estimate of drug-likeness (QED) is 0.846. The molecule has 1 amide bonds. The SMILES string of the molecule is CC(C)Oc1ccc(C(=O)NCC(c2cccs2)N(C)C)cn1. The van der Waals surface area contributed by atoms with Gasteiger partial charge in [0.1, 0.15) is 0 Å². The van der Waals surface area contributed by atoms with Crippen molar-refractivity contribution < 1.29 is 9.53 Å². The predicted molar refractivity (Wildman–Crippen MR) is 93.1 cm³/mol. The molecule has 0 spiro atoms. The molecular formula is C17H23N3O2S. The summed E-state index contributed by atoms with van der Waals surface area (Å²) in [6, 6.07) is 7.72. The molecule has 1 unspecified atom stereocenters. The lowest BCUT2D eigenvalue weighted by molar-refractivity contribution is 0.0942. The first kappa shape index (κ1) is 17.4. The number of rotatable bonds is 7. The number of pyridine rings is 1. The maximum Gasteiger partial charge on any atom is 0.252 e. The van der Waals surface area contributed by atoms with E-state index in [1.165, 1.54) is 4.88 Å². The average molecular weight is 333 g/mol. The lowest BCUT2D eigenvalue weighted by atomic mass is 10.2. The summed E-state index contributed by atoms with van der Waals surface area (Å²) in [5.41, 5.74) is 0.532. The number of thiophene rings is 1. The van der Waals surface area contributed by atoms with Crippen LogP contribution < -0.4 is 10.1 Å². The minimum absolute atomic E-state index is 0.0637. The molecule has 0 fully saturated rings. The number of likely N-dealkylation sites (N-methyl/N-ethyl adjacent to an activating group) is 1. The van der Waals surface area contributed by atoms with Gasteiger partial charge in [-0.3, -0.25) is 4.79 Å². The number of amides is 1. The van der Waals surface area contributed by atoms with Crippen LogP contribution in [0.25, 0.3) is 0 Å². The minimum atomic E-state index is -0.128.